The lowest BCUT2D eigenvalue weighted by molar-refractivity contribution is -0.274. The van der Waals surface area contributed by atoms with Crippen molar-refractivity contribution in [3.63, 3.8) is 0 Å². The van der Waals surface area contributed by atoms with Gasteiger partial charge in [0.15, 0.2) is 5.65 Å². The van der Waals surface area contributed by atoms with E-state index in [1.165, 1.54) is 24.3 Å². The predicted octanol–water partition coefficient (Wildman–Crippen LogP) is 4.77. The first kappa shape index (κ1) is 24.6. The van der Waals surface area contributed by atoms with Crippen molar-refractivity contribution in [3.8, 4) is 17.0 Å². The van der Waals surface area contributed by atoms with Crippen LogP contribution in [0.1, 0.15) is 23.2 Å². The van der Waals surface area contributed by atoms with Gasteiger partial charge in [-0.2, -0.15) is 4.98 Å². The number of fused-ring (bicyclic) bond motifs is 1. The largest absolute Gasteiger partial charge is 0.573 e. The highest BCUT2D eigenvalue weighted by molar-refractivity contribution is 5.94. The molecule has 1 amide bonds. The summed E-state index contributed by atoms with van der Waals surface area (Å²) in [5, 5.41) is 14.0. The second-order valence-corrected chi connectivity index (χ2v) is 8.79. The Morgan fingerprint density at radius 2 is 1.76 bits per heavy atom. The Balaban J connectivity index is 1.26. The molecular weight excluding hydrogens is 485 g/mol. The van der Waals surface area contributed by atoms with Gasteiger partial charge in [0.05, 0.1) is 5.69 Å². The molecule has 8 nitrogen and oxygen atoms in total. The number of rotatable bonds is 7. The zero-order chi connectivity index (χ0) is 25.8. The number of pyridine rings is 1. The van der Waals surface area contributed by atoms with Gasteiger partial charge in [0.1, 0.15) is 5.75 Å². The van der Waals surface area contributed by atoms with Gasteiger partial charge in [-0.05, 0) is 92.5 Å². The van der Waals surface area contributed by atoms with Crippen LogP contribution < -0.4 is 20.7 Å². The summed E-state index contributed by atoms with van der Waals surface area (Å²) >= 11 is 0. The topological polar surface area (TPSA) is 92.6 Å². The average Bonchev–Trinajstić information content (AvgIpc) is 3.30. The van der Waals surface area contributed by atoms with Crippen LogP contribution in [0.2, 0.25) is 0 Å². The van der Waals surface area contributed by atoms with Gasteiger partial charge in [-0.25, -0.2) is 4.52 Å². The maximum atomic E-state index is 12.5. The maximum Gasteiger partial charge on any atom is 0.573 e. The van der Waals surface area contributed by atoms with E-state index in [4.69, 9.17) is 0 Å². The Morgan fingerprint density at radius 3 is 2.46 bits per heavy atom. The summed E-state index contributed by atoms with van der Waals surface area (Å²) < 4.78 is 42.9. The van der Waals surface area contributed by atoms with Crippen LogP contribution >= 0.6 is 0 Å². The molecule has 1 aliphatic rings. The lowest BCUT2D eigenvalue weighted by Crippen LogP contribution is -2.35. The van der Waals surface area contributed by atoms with Crippen LogP contribution in [0.25, 0.3) is 16.9 Å². The number of aromatic nitrogens is 3. The molecule has 1 aliphatic heterocycles. The molecule has 4 aromatic rings. The summed E-state index contributed by atoms with van der Waals surface area (Å²) in [7, 11) is 0. The first-order valence-electron chi connectivity index (χ1n) is 11.9. The van der Waals surface area contributed by atoms with Gasteiger partial charge in [0.2, 0.25) is 5.95 Å². The second-order valence-electron chi connectivity index (χ2n) is 8.79. The summed E-state index contributed by atoms with van der Waals surface area (Å²) in [4.78, 5) is 17.0. The van der Waals surface area contributed by atoms with Crippen molar-refractivity contribution >= 4 is 23.2 Å². The molecule has 0 radical (unpaired) electrons. The first-order chi connectivity index (χ1) is 17.8. The van der Waals surface area contributed by atoms with Crippen LogP contribution in [0.15, 0.2) is 66.7 Å². The number of nitrogens with zero attached hydrogens (tertiary/aromatic N) is 3. The van der Waals surface area contributed by atoms with E-state index in [0.717, 1.165) is 25.9 Å². The van der Waals surface area contributed by atoms with E-state index in [9.17, 15) is 18.0 Å². The quantitative estimate of drug-likeness (QED) is 0.332. The van der Waals surface area contributed by atoms with Gasteiger partial charge >= 0.3 is 6.36 Å². The van der Waals surface area contributed by atoms with E-state index in [0.29, 0.717) is 46.6 Å². The van der Waals surface area contributed by atoms with E-state index < -0.39 is 6.36 Å². The first-order valence-corrected chi connectivity index (χ1v) is 11.9. The number of anilines is 2. The van der Waals surface area contributed by atoms with Crippen LogP contribution in [0.5, 0.6) is 5.75 Å². The highest BCUT2D eigenvalue weighted by Gasteiger charge is 2.31. The molecule has 3 N–H and O–H groups in total. The molecule has 11 heteroatoms. The highest BCUT2D eigenvalue weighted by Crippen LogP contribution is 2.27. The smallest absolute Gasteiger partial charge is 0.406 e. The van der Waals surface area contributed by atoms with E-state index in [-0.39, 0.29) is 11.7 Å². The molecule has 0 atom stereocenters. The molecule has 2 aromatic carbocycles. The molecule has 3 heterocycles. The molecule has 5 rings (SSSR count). The Labute approximate surface area is 210 Å². The van der Waals surface area contributed by atoms with Crippen molar-refractivity contribution in [3.05, 3.63) is 72.3 Å². The number of nitrogens with one attached hydrogen (secondary N) is 3. The summed E-state index contributed by atoms with van der Waals surface area (Å²) in [5.41, 5.74) is 3.14. The van der Waals surface area contributed by atoms with Crippen LogP contribution in [-0.2, 0) is 0 Å². The number of benzene rings is 2. The SMILES string of the molecule is O=C(NCC1CCNCC1)c1ccc(Nc2nc3cccc(-c4ccc(OC(F)(F)F)cc4)n3n2)cc1. The fourth-order valence-corrected chi connectivity index (χ4v) is 4.26. The van der Waals surface area contributed by atoms with Gasteiger partial charge < -0.3 is 20.7 Å². The number of hydrogen-bond donors (Lipinski definition) is 3. The van der Waals surface area contributed by atoms with Crippen LogP contribution in [0.4, 0.5) is 24.8 Å². The maximum absolute atomic E-state index is 12.5. The second kappa shape index (κ2) is 10.5. The Hall–Kier alpha value is -4.12. The molecule has 37 heavy (non-hydrogen) atoms. The minimum atomic E-state index is -4.75. The van der Waals surface area contributed by atoms with Crippen LogP contribution in [0, 0.1) is 5.92 Å². The zero-order valence-electron chi connectivity index (χ0n) is 19.8. The monoisotopic (exact) mass is 510 g/mol. The molecule has 0 spiro atoms. The van der Waals surface area contributed by atoms with Crippen molar-refractivity contribution in [1.29, 1.82) is 0 Å². The fourth-order valence-electron chi connectivity index (χ4n) is 4.26. The Kier molecular flexibility index (Phi) is 6.95. The Bertz CT molecular complexity index is 1360. The minimum absolute atomic E-state index is 0.104. The van der Waals surface area contributed by atoms with Gasteiger partial charge in [-0.1, -0.05) is 6.07 Å². The molecule has 0 unspecified atom stereocenters. The number of amides is 1. The van der Waals surface area contributed by atoms with Crippen molar-refractivity contribution in [1.82, 2.24) is 25.2 Å². The van der Waals surface area contributed by atoms with Gasteiger partial charge in [-0.3, -0.25) is 4.79 Å². The summed E-state index contributed by atoms with van der Waals surface area (Å²) in [6.45, 7) is 2.65. The average molecular weight is 511 g/mol. The van der Waals surface area contributed by atoms with Crippen LogP contribution in [0.3, 0.4) is 0 Å². The molecule has 0 aliphatic carbocycles. The van der Waals surface area contributed by atoms with Gasteiger partial charge in [-0.15, -0.1) is 18.3 Å². The van der Waals surface area contributed by atoms with Crippen molar-refractivity contribution in [2.24, 2.45) is 5.92 Å². The van der Waals surface area contributed by atoms with E-state index in [1.807, 2.05) is 0 Å². The fraction of sp³-hybridized carbons (Fsp3) is 0.269. The molecule has 1 saturated heterocycles. The summed E-state index contributed by atoms with van der Waals surface area (Å²) in [6, 6.07) is 18.0. The predicted molar refractivity (Wildman–Crippen MR) is 133 cm³/mol. The number of halogens is 3. The summed E-state index contributed by atoms with van der Waals surface area (Å²) in [6.07, 6.45) is -2.62. The zero-order valence-corrected chi connectivity index (χ0v) is 19.8. The van der Waals surface area contributed by atoms with Crippen LogP contribution in [-0.4, -0.2) is 46.5 Å². The number of alkyl halides is 3. The molecule has 0 saturated carbocycles. The molecular formula is C26H25F3N6O2. The standard InChI is InChI=1S/C26H25F3N6O2/c27-26(28,29)37-21-10-6-18(7-11-21)22-2-1-3-23-33-25(34-35(22)23)32-20-8-4-19(5-9-20)24(36)31-16-17-12-14-30-15-13-17/h1-11,17,30H,12-16H2,(H,31,36)(H,32,34). The van der Waals surface area contributed by atoms with Crippen molar-refractivity contribution < 1.29 is 22.7 Å². The molecule has 2 aromatic heterocycles. The highest BCUT2D eigenvalue weighted by atomic mass is 19.4. The summed E-state index contributed by atoms with van der Waals surface area (Å²) in [5.74, 6) is 0.441. The van der Waals surface area contributed by atoms with E-state index in [1.54, 1.807) is 47.0 Å². The number of carbonyl (C=O) groups excluding carboxylic acids is 1. The van der Waals surface area contributed by atoms with E-state index in [2.05, 4.69) is 30.8 Å². The minimum Gasteiger partial charge on any atom is -0.406 e. The molecule has 192 valence electrons. The molecule has 0 bridgehead atoms. The van der Waals surface area contributed by atoms with Gasteiger partial charge in [0, 0.05) is 23.4 Å². The number of ether oxygens (including phenoxy) is 1. The van der Waals surface area contributed by atoms with Gasteiger partial charge in [0.25, 0.3) is 5.91 Å². The molecule has 1 fully saturated rings. The Morgan fingerprint density at radius 1 is 1.03 bits per heavy atom. The number of carbonyl (C=O) groups is 1. The lowest BCUT2D eigenvalue weighted by atomic mass is 9.98. The lowest BCUT2D eigenvalue weighted by Gasteiger charge is -2.22. The number of hydrogen-bond acceptors (Lipinski definition) is 6. The van der Waals surface area contributed by atoms with Crippen molar-refractivity contribution in [2.75, 3.05) is 25.0 Å². The number of piperidine rings is 1. The van der Waals surface area contributed by atoms with E-state index >= 15 is 0 Å². The third kappa shape index (κ3) is 6.18. The van der Waals surface area contributed by atoms with Crippen molar-refractivity contribution in [2.45, 2.75) is 19.2 Å². The third-order valence-electron chi connectivity index (χ3n) is 6.16. The third-order valence-corrected chi connectivity index (χ3v) is 6.16. The normalized spacial score (nSPS) is 14.5.